The quantitative estimate of drug-likeness (QED) is 0.711. The molecule has 6 heteroatoms. The summed E-state index contributed by atoms with van der Waals surface area (Å²) in [4.78, 5) is 12.0. The maximum absolute atomic E-state index is 12.0. The highest BCUT2D eigenvalue weighted by Gasteiger charge is 2.15. The van der Waals surface area contributed by atoms with Crippen molar-refractivity contribution in [2.45, 2.75) is 32.5 Å². The lowest BCUT2D eigenvalue weighted by Gasteiger charge is -2.18. The summed E-state index contributed by atoms with van der Waals surface area (Å²) in [6.07, 6.45) is 0. The third-order valence-corrected chi connectivity index (χ3v) is 4.01. The molecule has 0 saturated heterocycles. The van der Waals surface area contributed by atoms with E-state index in [2.05, 4.69) is 10.6 Å². The lowest BCUT2D eigenvalue weighted by atomic mass is 9.97. The molecule has 2 aromatic carbocycles. The first kappa shape index (κ1) is 19.6. The fourth-order valence-corrected chi connectivity index (χ4v) is 2.45. The van der Waals surface area contributed by atoms with Crippen LogP contribution in [0.3, 0.4) is 0 Å². The molecule has 0 spiro atoms. The monoisotopic (exact) mass is 358 g/mol. The third-order valence-electron chi connectivity index (χ3n) is 4.01. The van der Waals surface area contributed by atoms with E-state index in [0.29, 0.717) is 24.6 Å². The van der Waals surface area contributed by atoms with Gasteiger partial charge >= 0.3 is 6.03 Å². The Morgan fingerprint density at radius 2 is 1.46 bits per heavy atom. The number of carbonyl (C=O) groups excluding carboxylic acids is 1. The molecule has 3 N–H and O–H groups in total. The fraction of sp³-hybridized carbons (Fsp3) is 0.350. The van der Waals surface area contributed by atoms with Crippen LogP contribution in [0.25, 0.3) is 0 Å². The van der Waals surface area contributed by atoms with Crippen molar-refractivity contribution in [1.82, 2.24) is 10.6 Å². The second-order valence-electron chi connectivity index (χ2n) is 6.48. The van der Waals surface area contributed by atoms with Gasteiger partial charge in [-0.05, 0) is 42.7 Å². The van der Waals surface area contributed by atoms with Crippen LogP contribution in [0, 0.1) is 0 Å². The summed E-state index contributed by atoms with van der Waals surface area (Å²) in [7, 11) is 3.16. The molecule has 0 heterocycles. The maximum Gasteiger partial charge on any atom is 0.315 e. The van der Waals surface area contributed by atoms with Crippen molar-refractivity contribution in [2.75, 3.05) is 14.2 Å². The van der Waals surface area contributed by atoms with E-state index in [1.165, 1.54) is 0 Å². The Morgan fingerprint density at radius 1 is 0.923 bits per heavy atom. The highest BCUT2D eigenvalue weighted by Crippen LogP contribution is 2.27. The van der Waals surface area contributed by atoms with E-state index in [-0.39, 0.29) is 6.03 Å². The van der Waals surface area contributed by atoms with E-state index in [0.717, 1.165) is 16.7 Å². The molecule has 2 aromatic rings. The number of benzene rings is 2. The summed E-state index contributed by atoms with van der Waals surface area (Å²) in [5, 5.41) is 15.6. The van der Waals surface area contributed by atoms with Crippen LogP contribution >= 0.6 is 0 Å². The SMILES string of the molecule is COc1ccc(CNC(=O)NCc2ccc(C(C)(C)O)cc2)cc1OC. The topological polar surface area (TPSA) is 79.8 Å². The van der Waals surface area contributed by atoms with Crippen molar-refractivity contribution >= 4 is 6.03 Å². The molecule has 26 heavy (non-hydrogen) atoms. The van der Waals surface area contributed by atoms with Crippen molar-refractivity contribution in [2.24, 2.45) is 0 Å². The molecule has 2 amide bonds. The van der Waals surface area contributed by atoms with Crippen LogP contribution in [0.1, 0.15) is 30.5 Å². The smallest absolute Gasteiger partial charge is 0.315 e. The molecule has 0 saturated carbocycles. The second-order valence-corrected chi connectivity index (χ2v) is 6.48. The van der Waals surface area contributed by atoms with Crippen molar-refractivity contribution in [3.05, 3.63) is 59.2 Å². The molecule has 0 aliphatic carbocycles. The van der Waals surface area contributed by atoms with Gasteiger partial charge in [-0.3, -0.25) is 0 Å². The predicted molar refractivity (Wildman–Crippen MR) is 100 cm³/mol. The van der Waals surface area contributed by atoms with Crippen LogP contribution < -0.4 is 20.1 Å². The number of hydrogen-bond acceptors (Lipinski definition) is 4. The summed E-state index contributed by atoms with van der Waals surface area (Å²) >= 11 is 0. The summed E-state index contributed by atoms with van der Waals surface area (Å²) in [5.74, 6) is 1.27. The van der Waals surface area contributed by atoms with Crippen LogP contribution in [0.5, 0.6) is 11.5 Å². The highest BCUT2D eigenvalue weighted by atomic mass is 16.5. The van der Waals surface area contributed by atoms with Crippen molar-refractivity contribution in [3.63, 3.8) is 0 Å². The Labute approximate surface area is 154 Å². The van der Waals surface area contributed by atoms with Gasteiger partial charge in [0.1, 0.15) is 0 Å². The van der Waals surface area contributed by atoms with Gasteiger partial charge in [0.25, 0.3) is 0 Å². The number of amides is 2. The lowest BCUT2D eigenvalue weighted by molar-refractivity contribution is 0.0786. The van der Waals surface area contributed by atoms with E-state index in [1.807, 2.05) is 36.4 Å². The molecular formula is C20H26N2O4. The molecule has 0 unspecified atom stereocenters. The van der Waals surface area contributed by atoms with Crippen LogP contribution in [-0.2, 0) is 18.7 Å². The standard InChI is InChI=1S/C20H26N2O4/c1-20(2,24)16-8-5-14(6-9-16)12-21-19(23)22-13-15-7-10-17(25-3)18(11-15)26-4/h5-11,24H,12-13H2,1-4H3,(H2,21,22,23). The summed E-state index contributed by atoms with van der Waals surface area (Å²) in [6.45, 7) is 4.26. The van der Waals surface area contributed by atoms with E-state index in [9.17, 15) is 9.90 Å². The Kier molecular flexibility index (Phi) is 6.46. The molecule has 0 aliphatic rings. The third kappa shape index (κ3) is 5.39. The number of ether oxygens (including phenoxy) is 2. The molecule has 0 fully saturated rings. The normalized spacial score (nSPS) is 11.0. The largest absolute Gasteiger partial charge is 0.493 e. The highest BCUT2D eigenvalue weighted by molar-refractivity contribution is 5.73. The zero-order valence-corrected chi connectivity index (χ0v) is 15.6. The Bertz CT molecular complexity index is 736. The Morgan fingerprint density at radius 3 is 2.00 bits per heavy atom. The van der Waals surface area contributed by atoms with Crippen molar-refractivity contribution in [1.29, 1.82) is 0 Å². The van der Waals surface area contributed by atoms with Crippen LogP contribution in [0.15, 0.2) is 42.5 Å². The van der Waals surface area contributed by atoms with Crippen molar-refractivity contribution in [3.8, 4) is 11.5 Å². The molecule has 0 atom stereocenters. The van der Waals surface area contributed by atoms with Crippen LogP contribution in [0.2, 0.25) is 0 Å². The lowest BCUT2D eigenvalue weighted by Crippen LogP contribution is -2.34. The summed E-state index contributed by atoms with van der Waals surface area (Å²) < 4.78 is 10.4. The number of aliphatic hydroxyl groups is 1. The van der Waals surface area contributed by atoms with Crippen LogP contribution in [0.4, 0.5) is 4.79 Å². The molecule has 0 radical (unpaired) electrons. The molecular weight excluding hydrogens is 332 g/mol. The number of urea groups is 1. The first-order chi connectivity index (χ1) is 12.3. The molecule has 2 rings (SSSR count). The van der Waals surface area contributed by atoms with Gasteiger partial charge in [0, 0.05) is 13.1 Å². The first-order valence-corrected chi connectivity index (χ1v) is 8.38. The Balaban J connectivity index is 1.84. The average molecular weight is 358 g/mol. The van der Waals surface area contributed by atoms with Crippen LogP contribution in [-0.4, -0.2) is 25.4 Å². The van der Waals surface area contributed by atoms with Gasteiger partial charge < -0.3 is 25.2 Å². The van der Waals surface area contributed by atoms with Gasteiger partial charge in [0.2, 0.25) is 0 Å². The molecule has 0 aromatic heterocycles. The van der Waals surface area contributed by atoms with E-state index in [4.69, 9.17) is 9.47 Å². The zero-order valence-electron chi connectivity index (χ0n) is 15.6. The summed E-state index contributed by atoms with van der Waals surface area (Å²) in [5.41, 5.74) is 1.83. The van der Waals surface area contributed by atoms with Gasteiger partial charge in [-0.25, -0.2) is 4.79 Å². The Hall–Kier alpha value is -2.73. The van der Waals surface area contributed by atoms with E-state index < -0.39 is 5.60 Å². The van der Waals surface area contributed by atoms with Gasteiger partial charge in [-0.1, -0.05) is 30.3 Å². The minimum absolute atomic E-state index is 0.258. The van der Waals surface area contributed by atoms with E-state index >= 15 is 0 Å². The van der Waals surface area contributed by atoms with Gasteiger partial charge in [-0.15, -0.1) is 0 Å². The van der Waals surface area contributed by atoms with E-state index in [1.54, 1.807) is 34.1 Å². The number of rotatable bonds is 7. The molecule has 0 bridgehead atoms. The molecule has 0 aliphatic heterocycles. The number of methoxy groups -OCH3 is 2. The number of carbonyl (C=O) groups is 1. The second kappa shape index (κ2) is 8.58. The van der Waals surface area contributed by atoms with Gasteiger partial charge in [0.05, 0.1) is 19.8 Å². The zero-order chi connectivity index (χ0) is 19.2. The number of hydrogen-bond donors (Lipinski definition) is 3. The van der Waals surface area contributed by atoms with Crippen molar-refractivity contribution < 1.29 is 19.4 Å². The minimum atomic E-state index is -0.872. The average Bonchev–Trinajstić information content (AvgIpc) is 2.64. The minimum Gasteiger partial charge on any atom is -0.493 e. The fourth-order valence-electron chi connectivity index (χ4n) is 2.45. The number of nitrogens with one attached hydrogen (secondary N) is 2. The molecule has 6 nitrogen and oxygen atoms in total. The van der Waals surface area contributed by atoms with Gasteiger partial charge in [-0.2, -0.15) is 0 Å². The maximum atomic E-state index is 12.0. The first-order valence-electron chi connectivity index (χ1n) is 8.38. The molecule has 140 valence electrons. The summed E-state index contributed by atoms with van der Waals surface area (Å²) in [6, 6.07) is 12.7. The predicted octanol–water partition coefficient (Wildman–Crippen LogP) is 2.93. The van der Waals surface area contributed by atoms with Gasteiger partial charge in [0.15, 0.2) is 11.5 Å².